The second-order valence-corrected chi connectivity index (χ2v) is 2.90. The Bertz CT molecular complexity index is 177. The Morgan fingerprint density at radius 2 is 2.45 bits per heavy atom. The molecule has 1 rings (SSSR count). The largest absolute Gasteiger partial charge is 0.440 e. The van der Waals surface area contributed by atoms with Crippen LogP contribution in [0.5, 0.6) is 0 Å². The zero-order valence-corrected chi connectivity index (χ0v) is 6.91. The van der Waals surface area contributed by atoms with Crippen molar-refractivity contribution >= 4 is 6.09 Å². The minimum absolute atomic E-state index is 0.120. The number of cyclic esters (lactones) is 1. The van der Waals surface area contributed by atoms with E-state index in [4.69, 9.17) is 4.74 Å². The van der Waals surface area contributed by atoms with Crippen molar-refractivity contribution in [3.05, 3.63) is 12.7 Å². The molecular weight excluding hydrogens is 142 g/mol. The Balaban J connectivity index is 2.58. The highest BCUT2D eigenvalue weighted by Crippen LogP contribution is 2.14. The number of amides is 1. The van der Waals surface area contributed by atoms with Crippen LogP contribution in [0.1, 0.15) is 13.8 Å². The summed E-state index contributed by atoms with van der Waals surface area (Å²) >= 11 is 0. The Kier molecular flexibility index (Phi) is 2.17. The van der Waals surface area contributed by atoms with Crippen molar-refractivity contribution in [2.75, 3.05) is 6.54 Å². The van der Waals surface area contributed by atoms with Gasteiger partial charge in [-0.1, -0.05) is 6.58 Å². The van der Waals surface area contributed by atoms with Crippen molar-refractivity contribution in [1.82, 2.24) is 4.90 Å². The minimum Gasteiger partial charge on any atom is -0.440 e. The van der Waals surface area contributed by atoms with E-state index in [1.165, 1.54) is 0 Å². The van der Waals surface area contributed by atoms with E-state index in [9.17, 15) is 4.79 Å². The van der Waals surface area contributed by atoms with Gasteiger partial charge in [0, 0.05) is 6.04 Å². The molecule has 0 radical (unpaired) electrons. The van der Waals surface area contributed by atoms with E-state index in [1.54, 1.807) is 11.0 Å². The van der Waals surface area contributed by atoms with Crippen molar-refractivity contribution in [3.63, 3.8) is 0 Å². The molecule has 11 heavy (non-hydrogen) atoms. The van der Waals surface area contributed by atoms with E-state index < -0.39 is 0 Å². The molecule has 3 heteroatoms. The van der Waals surface area contributed by atoms with Gasteiger partial charge >= 0.3 is 6.09 Å². The lowest BCUT2D eigenvalue weighted by atomic mass is 10.3. The first kappa shape index (κ1) is 8.11. The Hall–Kier alpha value is -0.990. The van der Waals surface area contributed by atoms with Gasteiger partial charge in [0.25, 0.3) is 0 Å². The van der Waals surface area contributed by atoms with Gasteiger partial charge in [-0.3, -0.25) is 0 Å². The molecule has 1 fully saturated rings. The fourth-order valence-corrected chi connectivity index (χ4v) is 1.05. The summed E-state index contributed by atoms with van der Waals surface area (Å²) in [5.41, 5.74) is 0. The lowest BCUT2D eigenvalue weighted by Crippen LogP contribution is -2.31. The molecular formula is C8H13NO2. The summed E-state index contributed by atoms with van der Waals surface area (Å²) < 4.78 is 4.95. The monoisotopic (exact) mass is 155 g/mol. The summed E-state index contributed by atoms with van der Waals surface area (Å²) in [6.07, 6.45) is 1.30. The van der Waals surface area contributed by atoms with Gasteiger partial charge < -0.3 is 9.64 Å². The van der Waals surface area contributed by atoms with Crippen LogP contribution in [-0.2, 0) is 4.74 Å². The molecule has 1 aliphatic rings. The van der Waals surface area contributed by atoms with Crippen LogP contribution < -0.4 is 0 Å². The number of ether oxygens (including phenoxy) is 1. The number of carbonyl (C=O) groups is 1. The van der Waals surface area contributed by atoms with Crippen LogP contribution in [0, 0.1) is 0 Å². The van der Waals surface area contributed by atoms with E-state index in [0.29, 0.717) is 6.54 Å². The van der Waals surface area contributed by atoms with Crippen LogP contribution in [0.3, 0.4) is 0 Å². The highest BCUT2D eigenvalue weighted by atomic mass is 16.6. The van der Waals surface area contributed by atoms with Crippen LogP contribution >= 0.6 is 0 Å². The summed E-state index contributed by atoms with van der Waals surface area (Å²) in [7, 11) is 0. The van der Waals surface area contributed by atoms with Gasteiger partial charge in [0.15, 0.2) is 0 Å². The van der Waals surface area contributed by atoms with Crippen LogP contribution in [0.15, 0.2) is 12.7 Å². The molecule has 0 spiro atoms. The van der Waals surface area contributed by atoms with E-state index in [2.05, 4.69) is 6.58 Å². The number of nitrogens with zero attached hydrogens (tertiary/aromatic N) is 1. The van der Waals surface area contributed by atoms with Crippen molar-refractivity contribution in [3.8, 4) is 0 Å². The molecule has 1 aliphatic heterocycles. The van der Waals surface area contributed by atoms with E-state index in [-0.39, 0.29) is 18.2 Å². The molecule has 0 aromatic carbocycles. The minimum atomic E-state index is -0.232. The van der Waals surface area contributed by atoms with Crippen molar-refractivity contribution in [2.45, 2.75) is 26.0 Å². The van der Waals surface area contributed by atoms with Crippen molar-refractivity contribution in [2.24, 2.45) is 0 Å². The Morgan fingerprint density at radius 3 is 2.73 bits per heavy atom. The van der Waals surface area contributed by atoms with Gasteiger partial charge in [0.1, 0.15) is 6.10 Å². The molecule has 1 saturated heterocycles. The molecule has 0 aromatic heterocycles. The van der Waals surface area contributed by atoms with E-state index in [0.717, 1.165) is 0 Å². The third-order valence-electron chi connectivity index (χ3n) is 1.75. The summed E-state index contributed by atoms with van der Waals surface area (Å²) in [5.74, 6) is 0. The van der Waals surface area contributed by atoms with E-state index in [1.807, 2.05) is 13.8 Å². The summed E-state index contributed by atoms with van der Waals surface area (Å²) in [4.78, 5) is 12.7. The third-order valence-corrected chi connectivity index (χ3v) is 1.75. The fraction of sp³-hybridized carbons (Fsp3) is 0.625. The third kappa shape index (κ3) is 1.53. The summed E-state index contributed by atoms with van der Waals surface area (Å²) in [6, 6.07) is 0.215. The molecule has 1 heterocycles. The first-order chi connectivity index (χ1) is 5.15. The highest BCUT2D eigenvalue weighted by Gasteiger charge is 2.30. The maximum Gasteiger partial charge on any atom is 0.410 e. The predicted molar refractivity (Wildman–Crippen MR) is 42.3 cm³/mol. The molecule has 0 saturated carbocycles. The number of hydrogen-bond donors (Lipinski definition) is 0. The average Bonchev–Trinajstić information content (AvgIpc) is 2.30. The highest BCUT2D eigenvalue weighted by molar-refractivity contribution is 5.70. The van der Waals surface area contributed by atoms with E-state index >= 15 is 0 Å². The van der Waals surface area contributed by atoms with Crippen molar-refractivity contribution in [1.29, 1.82) is 0 Å². The smallest absolute Gasteiger partial charge is 0.410 e. The normalized spacial score (nSPS) is 24.1. The number of rotatable bonds is 2. The molecule has 0 bridgehead atoms. The average molecular weight is 155 g/mol. The van der Waals surface area contributed by atoms with Crippen LogP contribution in [0.4, 0.5) is 4.79 Å². The zero-order valence-electron chi connectivity index (χ0n) is 6.91. The maximum absolute atomic E-state index is 11.0. The lowest BCUT2D eigenvalue weighted by Gasteiger charge is -2.16. The molecule has 0 aromatic rings. The van der Waals surface area contributed by atoms with Gasteiger partial charge in [-0.15, -0.1) is 0 Å². The van der Waals surface area contributed by atoms with Gasteiger partial charge in [-0.05, 0) is 19.9 Å². The molecule has 62 valence electrons. The van der Waals surface area contributed by atoms with Gasteiger partial charge in [0.2, 0.25) is 0 Å². The lowest BCUT2D eigenvalue weighted by molar-refractivity contribution is 0.141. The Morgan fingerprint density at radius 1 is 1.82 bits per heavy atom. The first-order valence-corrected chi connectivity index (χ1v) is 3.75. The SMILES string of the molecule is C=CC1CN(C(C)C)C(=O)O1. The molecule has 3 nitrogen and oxygen atoms in total. The molecule has 0 aliphatic carbocycles. The first-order valence-electron chi connectivity index (χ1n) is 3.75. The van der Waals surface area contributed by atoms with Crippen molar-refractivity contribution < 1.29 is 9.53 Å². The molecule has 1 amide bonds. The number of carbonyl (C=O) groups excluding carboxylic acids is 1. The predicted octanol–water partition coefficient (Wildman–Crippen LogP) is 1.40. The standard InChI is InChI=1S/C8H13NO2/c1-4-7-5-9(6(2)3)8(10)11-7/h4,6-7H,1,5H2,2-3H3. The second-order valence-electron chi connectivity index (χ2n) is 2.90. The molecule has 1 unspecified atom stereocenters. The molecule has 1 atom stereocenters. The number of hydrogen-bond acceptors (Lipinski definition) is 2. The quantitative estimate of drug-likeness (QED) is 0.564. The van der Waals surface area contributed by atoms with Gasteiger partial charge in [0.05, 0.1) is 6.54 Å². The van der Waals surface area contributed by atoms with Crippen LogP contribution in [0.2, 0.25) is 0 Å². The second kappa shape index (κ2) is 2.95. The summed E-state index contributed by atoms with van der Waals surface area (Å²) in [5, 5.41) is 0. The van der Waals surface area contributed by atoms with Crippen LogP contribution in [-0.4, -0.2) is 29.7 Å². The fourth-order valence-electron chi connectivity index (χ4n) is 1.05. The molecule has 0 N–H and O–H groups in total. The zero-order chi connectivity index (χ0) is 8.43. The van der Waals surface area contributed by atoms with Gasteiger partial charge in [-0.25, -0.2) is 4.79 Å². The van der Waals surface area contributed by atoms with Gasteiger partial charge in [-0.2, -0.15) is 0 Å². The van der Waals surface area contributed by atoms with Crippen LogP contribution in [0.25, 0.3) is 0 Å². The maximum atomic E-state index is 11.0. The summed E-state index contributed by atoms with van der Waals surface area (Å²) in [6.45, 7) is 8.14. The Labute approximate surface area is 66.6 Å². The topological polar surface area (TPSA) is 29.5 Å².